The minimum absolute atomic E-state index is 0.372. The quantitative estimate of drug-likeness (QED) is 0.195. The maximum Gasteiger partial charge on any atom is 0.193 e. The fourth-order valence-corrected chi connectivity index (χ4v) is 6.43. The van der Waals surface area contributed by atoms with Crippen LogP contribution in [0.2, 0.25) is 18.1 Å². The van der Waals surface area contributed by atoms with Crippen LogP contribution in [0, 0.1) is 0 Å². The lowest BCUT2D eigenvalue weighted by Gasteiger charge is -2.36. The highest BCUT2D eigenvalue weighted by Crippen LogP contribution is 2.26. The third-order valence-electron chi connectivity index (χ3n) is 5.90. The van der Waals surface area contributed by atoms with E-state index in [2.05, 4.69) is 27.4 Å². The predicted molar refractivity (Wildman–Crippen MR) is 128 cm³/mol. The van der Waals surface area contributed by atoms with Crippen LogP contribution < -0.4 is 0 Å². The third kappa shape index (κ3) is 7.54. The smallest absolute Gasteiger partial charge is 0.193 e. The fourth-order valence-electron chi connectivity index (χ4n) is 3.67. The third-order valence-corrected chi connectivity index (χ3v) is 10.5. The van der Waals surface area contributed by atoms with Gasteiger partial charge in [0.25, 0.3) is 0 Å². The van der Waals surface area contributed by atoms with Gasteiger partial charge in [-0.25, -0.2) is 0 Å². The molecular weight excluding hydrogens is 404 g/mol. The van der Waals surface area contributed by atoms with Gasteiger partial charge in [-0.3, -0.25) is 0 Å². The molecule has 0 N–H and O–H groups in total. The van der Waals surface area contributed by atoms with Gasteiger partial charge in [-0.1, -0.05) is 87.5 Å². The lowest BCUT2D eigenvalue weighted by molar-refractivity contribution is -0.136. The first kappa shape index (κ1) is 25.2. The molecule has 2 rings (SSSR count). The zero-order valence-electron chi connectivity index (χ0n) is 19.0. The van der Waals surface area contributed by atoms with Gasteiger partial charge in [0.15, 0.2) is 8.32 Å². The summed E-state index contributed by atoms with van der Waals surface area (Å²) in [5.74, 6) is 0. The van der Waals surface area contributed by atoms with Crippen molar-refractivity contribution in [3.63, 3.8) is 0 Å². The topological polar surface area (TPSA) is 44.8 Å². The summed E-state index contributed by atoms with van der Waals surface area (Å²) in [4.78, 5) is 12.2. The summed E-state index contributed by atoms with van der Waals surface area (Å²) in [6, 6.07) is 22.8. The van der Waals surface area contributed by atoms with Gasteiger partial charge in [-0.15, -0.1) is 6.58 Å². The molecule has 0 aliphatic carbocycles. The van der Waals surface area contributed by atoms with Gasteiger partial charge in [0, 0.05) is 0 Å². The van der Waals surface area contributed by atoms with Crippen molar-refractivity contribution in [2.75, 3.05) is 0 Å². The van der Waals surface area contributed by atoms with Crippen LogP contribution in [-0.4, -0.2) is 32.9 Å². The van der Waals surface area contributed by atoms with E-state index in [1.54, 1.807) is 6.08 Å². The number of ether oxygens (including phenoxy) is 2. The zero-order chi connectivity index (χ0) is 22.5. The van der Waals surface area contributed by atoms with Crippen molar-refractivity contribution < 1.29 is 18.7 Å². The highest BCUT2D eigenvalue weighted by Gasteiger charge is 2.38. The summed E-state index contributed by atoms with van der Waals surface area (Å²) < 4.78 is 19.0. The van der Waals surface area contributed by atoms with Gasteiger partial charge in [0.1, 0.15) is 24.6 Å². The summed E-state index contributed by atoms with van der Waals surface area (Å²) in [6.07, 6.45) is 0.840. The lowest BCUT2D eigenvalue weighted by Crippen LogP contribution is -2.49. The van der Waals surface area contributed by atoms with E-state index in [1.807, 2.05) is 60.7 Å². The minimum atomic E-state index is -2.02. The highest BCUT2D eigenvalue weighted by atomic mass is 28.4. The van der Waals surface area contributed by atoms with E-state index < -0.39 is 26.6 Å². The van der Waals surface area contributed by atoms with Gasteiger partial charge in [0.05, 0.1) is 13.2 Å². The maximum atomic E-state index is 12.2. The molecule has 0 aliphatic heterocycles. The van der Waals surface area contributed by atoms with Crippen LogP contribution in [0.25, 0.3) is 0 Å². The fraction of sp³-hybridized carbons (Fsp3) is 0.423. The largest absolute Gasteiger partial charge is 0.404 e. The summed E-state index contributed by atoms with van der Waals surface area (Å²) >= 11 is 0. The Morgan fingerprint density at radius 1 is 0.806 bits per heavy atom. The molecule has 168 valence electrons. The van der Waals surface area contributed by atoms with Crippen molar-refractivity contribution in [1.29, 1.82) is 0 Å². The molecule has 2 aromatic rings. The molecule has 0 radical (unpaired) electrons. The van der Waals surface area contributed by atoms with E-state index in [4.69, 9.17) is 13.9 Å². The molecule has 0 aliphatic rings. The Morgan fingerprint density at radius 2 is 1.29 bits per heavy atom. The second-order valence-corrected chi connectivity index (χ2v) is 12.4. The van der Waals surface area contributed by atoms with Crippen molar-refractivity contribution in [1.82, 2.24) is 0 Å². The molecule has 31 heavy (non-hydrogen) atoms. The first-order chi connectivity index (χ1) is 15.1. The van der Waals surface area contributed by atoms with Gasteiger partial charge >= 0.3 is 0 Å². The Morgan fingerprint density at radius 3 is 1.71 bits per heavy atom. The molecular formula is C26H36O4Si. The Balaban J connectivity index is 2.23. The van der Waals surface area contributed by atoms with Crippen LogP contribution in [0.5, 0.6) is 0 Å². The van der Waals surface area contributed by atoms with Crippen molar-refractivity contribution in [3.8, 4) is 0 Å². The van der Waals surface area contributed by atoms with E-state index >= 15 is 0 Å². The number of aldehydes is 1. The minimum Gasteiger partial charge on any atom is -0.404 e. The van der Waals surface area contributed by atoms with Crippen LogP contribution >= 0.6 is 0 Å². The van der Waals surface area contributed by atoms with Crippen LogP contribution in [0.4, 0.5) is 0 Å². The summed E-state index contributed by atoms with van der Waals surface area (Å²) in [6.45, 7) is 11.2. The number of rotatable bonds is 15. The number of carbonyl (C=O) groups is 1. The summed E-state index contributed by atoms with van der Waals surface area (Å²) in [7, 11) is -2.02. The van der Waals surface area contributed by atoms with Crippen LogP contribution in [0.1, 0.15) is 31.9 Å². The van der Waals surface area contributed by atoms with Crippen molar-refractivity contribution >= 4 is 14.6 Å². The Hall–Kier alpha value is -2.05. The first-order valence-electron chi connectivity index (χ1n) is 11.2. The summed E-state index contributed by atoms with van der Waals surface area (Å²) in [5.41, 5.74) is 2.09. The molecule has 0 saturated carbocycles. The van der Waals surface area contributed by atoms with Gasteiger partial charge < -0.3 is 18.7 Å². The standard InChI is InChI=1S/C26H36O4Si/c1-5-24(28-20-22-15-11-9-12-16-22)26(29-21-23-17-13-10-14-18-23)25(19-27)30-31(6-2,7-3)8-4/h5,9-19,24-26H,1,6-8,20-21H2,2-4H3/t24-,25-,26+/m1/s1. The average Bonchev–Trinajstić information content (AvgIpc) is 2.84. The number of hydrogen-bond acceptors (Lipinski definition) is 4. The van der Waals surface area contributed by atoms with E-state index in [0.717, 1.165) is 35.5 Å². The molecule has 0 heterocycles. The molecule has 4 nitrogen and oxygen atoms in total. The normalized spacial score (nSPS) is 14.5. The second-order valence-electron chi connectivity index (χ2n) is 7.72. The van der Waals surface area contributed by atoms with Crippen LogP contribution in [0.3, 0.4) is 0 Å². The Kier molecular flexibility index (Phi) is 10.9. The SMILES string of the molecule is C=C[C@@H](OCc1ccccc1)[C@H](OCc1ccccc1)[C@@H](C=O)O[Si](CC)(CC)CC. The van der Waals surface area contributed by atoms with Crippen LogP contribution in [0.15, 0.2) is 73.3 Å². The zero-order valence-corrected chi connectivity index (χ0v) is 20.0. The average molecular weight is 441 g/mol. The van der Waals surface area contributed by atoms with Crippen molar-refractivity contribution in [3.05, 3.63) is 84.4 Å². The maximum absolute atomic E-state index is 12.2. The molecule has 0 aromatic heterocycles. The lowest BCUT2D eigenvalue weighted by atomic mass is 10.1. The molecule has 0 bridgehead atoms. The number of carbonyl (C=O) groups excluding carboxylic acids is 1. The molecule has 5 heteroatoms. The second kappa shape index (κ2) is 13.4. The van der Waals surface area contributed by atoms with Gasteiger partial charge in [0.2, 0.25) is 0 Å². The Labute approximate surface area is 188 Å². The first-order valence-corrected chi connectivity index (χ1v) is 13.7. The number of hydrogen-bond donors (Lipinski definition) is 0. The number of benzene rings is 2. The monoisotopic (exact) mass is 440 g/mol. The van der Waals surface area contributed by atoms with Crippen molar-refractivity contribution in [2.45, 2.75) is 70.4 Å². The van der Waals surface area contributed by atoms with E-state index in [-0.39, 0.29) is 0 Å². The highest BCUT2D eigenvalue weighted by molar-refractivity contribution is 6.73. The van der Waals surface area contributed by atoms with Crippen LogP contribution in [-0.2, 0) is 31.9 Å². The Bertz CT molecular complexity index is 753. The molecule has 2 aromatic carbocycles. The van der Waals surface area contributed by atoms with Gasteiger partial charge in [-0.2, -0.15) is 0 Å². The van der Waals surface area contributed by atoms with E-state index in [0.29, 0.717) is 13.2 Å². The molecule has 3 atom stereocenters. The molecule has 0 unspecified atom stereocenters. The van der Waals surface area contributed by atoms with E-state index in [1.165, 1.54) is 0 Å². The predicted octanol–water partition coefficient (Wildman–Crippen LogP) is 5.93. The molecule has 0 spiro atoms. The van der Waals surface area contributed by atoms with Gasteiger partial charge in [-0.05, 0) is 29.3 Å². The molecule has 0 amide bonds. The molecule has 0 fully saturated rings. The van der Waals surface area contributed by atoms with Crippen molar-refractivity contribution in [2.24, 2.45) is 0 Å². The molecule has 0 saturated heterocycles. The summed E-state index contributed by atoms with van der Waals surface area (Å²) in [5, 5.41) is 0. The van der Waals surface area contributed by atoms with E-state index in [9.17, 15) is 4.79 Å².